The number of piperidine rings is 1. The summed E-state index contributed by atoms with van der Waals surface area (Å²) in [4.78, 5) is 31.8. The first-order valence-corrected chi connectivity index (χ1v) is 7.49. The second-order valence-corrected chi connectivity index (χ2v) is 5.98. The van der Waals surface area contributed by atoms with Crippen molar-refractivity contribution in [1.29, 1.82) is 0 Å². The maximum absolute atomic E-state index is 12.7. The van der Waals surface area contributed by atoms with Gasteiger partial charge in [0.2, 0.25) is 5.91 Å². The minimum atomic E-state index is -0.372. The van der Waals surface area contributed by atoms with Crippen LogP contribution in [0.15, 0.2) is 31.0 Å². The molecule has 1 atom stereocenters. The van der Waals surface area contributed by atoms with Crippen molar-refractivity contribution in [2.45, 2.75) is 19.3 Å². The second-order valence-electron chi connectivity index (χ2n) is 5.98. The number of amides is 2. The van der Waals surface area contributed by atoms with Gasteiger partial charge in [-0.2, -0.15) is 0 Å². The van der Waals surface area contributed by atoms with E-state index in [1.165, 1.54) is 0 Å². The summed E-state index contributed by atoms with van der Waals surface area (Å²) in [5.74, 6) is 0.181. The Bertz CT molecular complexity index is 552. The summed E-state index contributed by atoms with van der Waals surface area (Å²) in [6, 6.07) is 3.60. The number of carbonyl (C=O) groups excluding carboxylic acids is 2. The highest BCUT2D eigenvalue weighted by molar-refractivity contribution is 5.93. The maximum atomic E-state index is 12.7. The van der Waals surface area contributed by atoms with Gasteiger partial charge in [-0.1, -0.05) is 6.08 Å². The molecule has 2 amide bonds. The zero-order valence-corrected chi connectivity index (χ0v) is 12.2. The summed E-state index contributed by atoms with van der Waals surface area (Å²) in [5.41, 5.74) is 0.226. The lowest BCUT2D eigenvalue weighted by molar-refractivity contribution is -0.137. The van der Waals surface area contributed by atoms with Crippen molar-refractivity contribution in [1.82, 2.24) is 14.8 Å². The van der Waals surface area contributed by atoms with Crippen LogP contribution in [-0.2, 0) is 4.79 Å². The number of hydrogen-bond donors (Lipinski definition) is 1. The number of nitrogens with zero attached hydrogens (tertiary/aromatic N) is 2. The van der Waals surface area contributed by atoms with Crippen LogP contribution in [0.3, 0.4) is 0 Å². The van der Waals surface area contributed by atoms with E-state index in [0.29, 0.717) is 18.8 Å². The Morgan fingerprint density at radius 2 is 2.29 bits per heavy atom. The molecule has 1 unspecified atom stereocenters. The van der Waals surface area contributed by atoms with Gasteiger partial charge in [0.1, 0.15) is 5.69 Å². The third-order valence-electron chi connectivity index (χ3n) is 4.64. The second kappa shape index (κ2) is 5.39. The third kappa shape index (κ3) is 2.37. The molecule has 2 saturated heterocycles. The van der Waals surface area contributed by atoms with Crippen LogP contribution in [0, 0.1) is 5.41 Å². The number of nitrogens with one attached hydrogen (secondary N) is 1. The van der Waals surface area contributed by atoms with Gasteiger partial charge in [0, 0.05) is 32.4 Å². The molecule has 21 heavy (non-hydrogen) atoms. The minimum Gasteiger partial charge on any atom is -0.357 e. The van der Waals surface area contributed by atoms with Gasteiger partial charge in [0.25, 0.3) is 5.91 Å². The van der Waals surface area contributed by atoms with Gasteiger partial charge in [-0.05, 0) is 31.4 Å². The van der Waals surface area contributed by atoms with Crippen molar-refractivity contribution >= 4 is 11.8 Å². The van der Waals surface area contributed by atoms with Crippen molar-refractivity contribution in [3.05, 3.63) is 36.7 Å². The smallest absolute Gasteiger partial charge is 0.270 e. The van der Waals surface area contributed by atoms with Crippen molar-refractivity contribution in [2.75, 3.05) is 26.2 Å². The molecular weight excluding hydrogens is 266 g/mol. The molecule has 0 aliphatic carbocycles. The van der Waals surface area contributed by atoms with Crippen LogP contribution in [0.5, 0.6) is 0 Å². The Morgan fingerprint density at radius 3 is 3.00 bits per heavy atom. The zero-order chi connectivity index (χ0) is 14.9. The molecule has 5 nitrogen and oxygen atoms in total. The number of hydrogen-bond acceptors (Lipinski definition) is 2. The Labute approximate surface area is 124 Å². The lowest BCUT2D eigenvalue weighted by Gasteiger charge is -2.38. The molecule has 1 spiro atoms. The fraction of sp³-hybridized carbons (Fsp3) is 0.500. The van der Waals surface area contributed by atoms with Crippen molar-refractivity contribution in [3.8, 4) is 0 Å². The predicted molar refractivity (Wildman–Crippen MR) is 79.8 cm³/mol. The molecule has 1 aromatic rings. The van der Waals surface area contributed by atoms with E-state index >= 15 is 0 Å². The summed E-state index contributed by atoms with van der Waals surface area (Å²) < 4.78 is 0. The van der Waals surface area contributed by atoms with E-state index in [1.807, 2.05) is 15.9 Å². The van der Waals surface area contributed by atoms with Gasteiger partial charge >= 0.3 is 0 Å². The molecule has 0 radical (unpaired) electrons. The first-order valence-electron chi connectivity index (χ1n) is 7.49. The molecule has 3 rings (SSSR count). The lowest BCUT2D eigenvalue weighted by atomic mass is 9.78. The average molecular weight is 287 g/mol. The SMILES string of the molecule is C=CCN1CCC2(CCCN(C(=O)c3ccc[nH]3)C2)C1=O. The van der Waals surface area contributed by atoms with E-state index < -0.39 is 0 Å². The van der Waals surface area contributed by atoms with Crippen LogP contribution in [0.25, 0.3) is 0 Å². The maximum Gasteiger partial charge on any atom is 0.270 e. The molecule has 2 aliphatic heterocycles. The quantitative estimate of drug-likeness (QED) is 0.860. The molecule has 2 aliphatic rings. The third-order valence-corrected chi connectivity index (χ3v) is 4.64. The van der Waals surface area contributed by atoms with E-state index in [9.17, 15) is 9.59 Å². The zero-order valence-electron chi connectivity index (χ0n) is 12.2. The summed E-state index contributed by atoms with van der Waals surface area (Å²) in [6.45, 7) is 6.35. The summed E-state index contributed by atoms with van der Waals surface area (Å²) >= 11 is 0. The van der Waals surface area contributed by atoms with E-state index in [4.69, 9.17) is 0 Å². The fourth-order valence-corrected chi connectivity index (χ4v) is 3.54. The molecule has 0 bridgehead atoms. The Balaban J connectivity index is 1.76. The van der Waals surface area contributed by atoms with Gasteiger partial charge in [-0.15, -0.1) is 6.58 Å². The highest BCUT2D eigenvalue weighted by atomic mass is 16.2. The van der Waals surface area contributed by atoms with Gasteiger partial charge in [0.15, 0.2) is 0 Å². The van der Waals surface area contributed by atoms with Gasteiger partial charge < -0.3 is 14.8 Å². The van der Waals surface area contributed by atoms with E-state index in [-0.39, 0.29) is 17.2 Å². The lowest BCUT2D eigenvalue weighted by Crippen LogP contribution is -2.49. The normalized spacial score (nSPS) is 25.6. The topological polar surface area (TPSA) is 56.4 Å². The highest BCUT2D eigenvalue weighted by Crippen LogP contribution is 2.40. The van der Waals surface area contributed by atoms with Crippen LogP contribution >= 0.6 is 0 Å². The first kappa shape index (κ1) is 13.9. The van der Waals surface area contributed by atoms with E-state index in [1.54, 1.807) is 18.3 Å². The Kier molecular flexibility index (Phi) is 3.57. The molecule has 5 heteroatoms. The molecule has 1 N–H and O–H groups in total. The molecule has 1 aromatic heterocycles. The Morgan fingerprint density at radius 1 is 1.43 bits per heavy atom. The van der Waals surface area contributed by atoms with Crippen molar-refractivity contribution in [2.24, 2.45) is 5.41 Å². The highest BCUT2D eigenvalue weighted by Gasteiger charge is 2.49. The van der Waals surface area contributed by atoms with Crippen LogP contribution in [0.4, 0.5) is 0 Å². The number of likely N-dealkylation sites (tertiary alicyclic amines) is 2. The summed E-state index contributed by atoms with van der Waals surface area (Å²) in [5, 5.41) is 0. The molecule has 112 valence electrons. The minimum absolute atomic E-state index is 0.00551. The summed E-state index contributed by atoms with van der Waals surface area (Å²) in [6.07, 6.45) is 6.13. The Hall–Kier alpha value is -2.04. The molecule has 3 heterocycles. The van der Waals surface area contributed by atoms with E-state index in [2.05, 4.69) is 11.6 Å². The van der Waals surface area contributed by atoms with Crippen LogP contribution in [0.1, 0.15) is 29.8 Å². The number of aromatic amines is 1. The standard InChI is InChI=1S/C16H21N3O2/c1-2-9-18-11-7-16(15(18)21)6-4-10-19(12-16)14(20)13-5-3-8-17-13/h2-3,5,8,17H,1,4,6-7,9-12H2. The van der Waals surface area contributed by atoms with Gasteiger partial charge in [-0.25, -0.2) is 0 Å². The molecule has 2 fully saturated rings. The summed E-state index contributed by atoms with van der Waals surface area (Å²) in [7, 11) is 0. The molecule has 0 aromatic carbocycles. The van der Waals surface area contributed by atoms with Crippen LogP contribution in [0.2, 0.25) is 0 Å². The number of H-pyrrole nitrogens is 1. The van der Waals surface area contributed by atoms with E-state index in [0.717, 1.165) is 32.4 Å². The van der Waals surface area contributed by atoms with Crippen LogP contribution in [-0.4, -0.2) is 52.8 Å². The molecular formula is C16H21N3O2. The first-order chi connectivity index (χ1) is 10.2. The number of aromatic nitrogens is 1. The number of rotatable bonds is 3. The predicted octanol–water partition coefficient (Wildman–Crippen LogP) is 1.66. The van der Waals surface area contributed by atoms with Crippen LogP contribution < -0.4 is 0 Å². The van der Waals surface area contributed by atoms with Crippen molar-refractivity contribution in [3.63, 3.8) is 0 Å². The van der Waals surface area contributed by atoms with Crippen molar-refractivity contribution < 1.29 is 9.59 Å². The fourth-order valence-electron chi connectivity index (χ4n) is 3.54. The average Bonchev–Trinajstić information content (AvgIpc) is 3.12. The largest absolute Gasteiger partial charge is 0.357 e. The number of carbonyl (C=O) groups is 2. The monoisotopic (exact) mass is 287 g/mol. The van der Waals surface area contributed by atoms with Gasteiger partial charge in [-0.3, -0.25) is 9.59 Å². The van der Waals surface area contributed by atoms with Gasteiger partial charge in [0.05, 0.1) is 5.41 Å². The molecule has 0 saturated carbocycles.